The Morgan fingerprint density at radius 1 is 1.41 bits per heavy atom. The van der Waals surface area contributed by atoms with Crippen LogP contribution in [0.1, 0.15) is 46.0 Å². The first-order valence-electron chi connectivity index (χ1n) is 7.44. The zero-order valence-electron chi connectivity index (χ0n) is 13.8. The van der Waals surface area contributed by atoms with Crippen LogP contribution >= 0.6 is 0 Å². The first-order chi connectivity index (χ1) is 10.2. The number of hydrogen-bond donors (Lipinski definition) is 2. The summed E-state index contributed by atoms with van der Waals surface area (Å²) in [5.41, 5.74) is 1.01. The third-order valence-electron chi connectivity index (χ3n) is 2.98. The zero-order valence-corrected chi connectivity index (χ0v) is 13.8. The Hall–Kier alpha value is -2.05. The number of alkyl carbamates (subject to hydrolysis) is 1. The Kier molecular flexibility index (Phi) is 5.96. The van der Waals surface area contributed by atoms with Crippen molar-refractivity contribution in [2.24, 2.45) is 0 Å². The summed E-state index contributed by atoms with van der Waals surface area (Å²) in [6, 6.07) is 0.817. The van der Waals surface area contributed by atoms with Crippen molar-refractivity contribution in [1.82, 2.24) is 15.1 Å². The Morgan fingerprint density at radius 3 is 2.50 bits per heavy atom. The number of aromatic nitrogens is 2. The Bertz CT molecular complexity index is 531. The number of rotatable bonds is 6. The number of hydrogen-bond acceptors (Lipinski definition) is 4. The van der Waals surface area contributed by atoms with Gasteiger partial charge >= 0.3 is 12.1 Å². The standard InChI is InChI=1S/C15H25N3O4/c1-6-10-8-11(18(7-2)17-10)9-12(13(19)20)16-14(21)22-15(3,4)5/h8,12H,6-7,9H2,1-5H3,(H,16,21)(H,19,20). The lowest BCUT2D eigenvalue weighted by atomic mass is 10.1. The summed E-state index contributed by atoms with van der Waals surface area (Å²) in [5, 5.41) is 16.1. The minimum atomic E-state index is -1.10. The van der Waals surface area contributed by atoms with Crippen LogP contribution in [0, 0.1) is 0 Å². The number of carbonyl (C=O) groups is 2. The van der Waals surface area contributed by atoms with Gasteiger partial charge in [-0.05, 0) is 40.2 Å². The number of nitrogens with one attached hydrogen (secondary N) is 1. The van der Waals surface area contributed by atoms with E-state index in [9.17, 15) is 14.7 Å². The van der Waals surface area contributed by atoms with Gasteiger partial charge < -0.3 is 15.2 Å². The molecule has 0 spiro atoms. The number of aliphatic carboxylic acids is 1. The zero-order chi connectivity index (χ0) is 16.9. The molecule has 0 aromatic carbocycles. The maximum Gasteiger partial charge on any atom is 0.408 e. The maximum atomic E-state index is 11.8. The Morgan fingerprint density at radius 2 is 2.05 bits per heavy atom. The summed E-state index contributed by atoms with van der Waals surface area (Å²) in [6.07, 6.45) is 0.199. The molecule has 1 rings (SSSR count). The molecule has 0 bridgehead atoms. The van der Waals surface area contributed by atoms with Gasteiger partial charge in [0.25, 0.3) is 0 Å². The predicted molar refractivity (Wildman–Crippen MR) is 81.8 cm³/mol. The molecule has 0 radical (unpaired) electrons. The van der Waals surface area contributed by atoms with Gasteiger partial charge in [0, 0.05) is 18.7 Å². The lowest BCUT2D eigenvalue weighted by Gasteiger charge is -2.22. The third kappa shape index (κ3) is 5.38. The van der Waals surface area contributed by atoms with Crippen LogP contribution in [-0.2, 0) is 28.9 Å². The van der Waals surface area contributed by atoms with Crippen LogP contribution in [0.25, 0.3) is 0 Å². The first-order valence-corrected chi connectivity index (χ1v) is 7.44. The van der Waals surface area contributed by atoms with Gasteiger partial charge in [-0.1, -0.05) is 6.92 Å². The largest absolute Gasteiger partial charge is 0.480 e. The molecule has 7 nitrogen and oxygen atoms in total. The summed E-state index contributed by atoms with van der Waals surface area (Å²) in [5.74, 6) is -1.10. The van der Waals surface area contributed by atoms with Crippen LogP contribution in [0.3, 0.4) is 0 Å². The summed E-state index contributed by atoms with van der Waals surface area (Å²) in [6.45, 7) is 9.74. The van der Waals surface area contributed by atoms with Crippen molar-refractivity contribution in [2.75, 3.05) is 0 Å². The SMILES string of the molecule is CCc1cc(CC(NC(=O)OC(C)(C)C)C(=O)O)n(CC)n1. The van der Waals surface area contributed by atoms with Crippen molar-refractivity contribution in [3.63, 3.8) is 0 Å². The number of amides is 1. The lowest BCUT2D eigenvalue weighted by Crippen LogP contribution is -2.45. The molecule has 1 unspecified atom stereocenters. The van der Waals surface area contributed by atoms with Crippen molar-refractivity contribution >= 4 is 12.1 Å². The second-order valence-corrected chi connectivity index (χ2v) is 6.04. The molecule has 0 aliphatic heterocycles. The lowest BCUT2D eigenvalue weighted by molar-refractivity contribution is -0.139. The van der Waals surface area contributed by atoms with E-state index in [0.717, 1.165) is 17.8 Å². The van der Waals surface area contributed by atoms with Crippen LogP contribution < -0.4 is 5.32 Å². The van der Waals surface area contributed by atoms with E-state index in [2.05, 4.69) is 10.4 Å². The van der Waals surface area contributed by atoms with Crippen molar-refractivity contribution in [2.45, 2.75) is 65.6 Å². The van der Waals surface area contributed by atoms with E-state index >= 15 is 0 Å². The monoisotopic (exact) mass is 311 g/mol. The molecule has 22 heavy (non-hydrogen) atoms. The highest BCUT2D eigenvalue weighted by Crippen LogP contribution is 2.11. The van der Waals surface area contributed by atoms with E-state index in [4.69, 9.17) is 4.74 Å². The van der Waals surface area contributed by atoms with E-state index in [1.54, 1.807) is 25.5 Å². The summed E-state index contributed by atoms with van der Waals surface area (Å²) >= 11 is 0. The minimum Gasteiger partial charge on any atom is -0.480 e. The molecule has 124 valence electrons. The van der Waals surface area contributed by atoms with Crippen LogP contribution in [-0.4, -0.2) is 38.6 Å². The molecule has 1 aromatic rings. The molecule has 1 amide bonds. The van der Waals surface area contributed by atoms with Crippen molar-refractivity contribution < 1.29 is 19.4 Å². The number of ether oxygens (including phenoxy) is 1. The van der Waals surface area contributed by atoms with Gasteiger partial charge in [0.1, 0.15) is 11.6 Å². The molecular weight excluding hydrogens is 286 g/mol. The Labute approximate surface area is 130 Å². The highest BCUT2D eigenvalue weighted by Gasteiger charge is 2.25. The second-order valence-electron chi connectivity index (χ2n) is 6.04. The van der Waals surface area contributed by atoms with Crippen molar-refractivity contribution in [1.29, 1.82) is 0 Å². The second kappa shape index (κ2) is 7.29. The van der Waals surface area contributed by atoms with E-state index in [1.165, 1.54) is 0 Å². The molecule has 0 saturated heterocycles. The fourth-order valence-corrected chi connectivity index (χ4v) is 1.98. The van der Waals surface area contributed by atoms with Gasteiger partial charge in [-0.25, -0.2) is 9.59 Å². The van der Waals surface area contributed by atoms with Crippen LogP contribution in [0.2, 0.25) is 0 Å². The molecule has 1 heterocycles. The molecule has 1 aromatic heterocycles. The summed E-state index contributed by atoms with van der Waals surface area (Å²) in [4.78, 5) is 23.1. The fourth-order valence-electron chi connectivity index (χ4n) is 1.98. The van der Waals surface area contributed by atoms with Crippen molar-refractivity contribution in [3.05, 3.63) is 17.5 Å². The molecule has 7 heteroatoms. The average Bonchev–Trinajstić information content (AvgIpc) is 2.78. The minimum absolute atomic E-state index is 0.162. The van der Waals surface area contributed by atoms with Gasteiger partial charge in [0.15, 0.2) is 0 Å². The number of aryl methyl sites for hydroxylation is 2. The normalized spacial score (nSPS) is 12.8. The first kappa shape index (κ1) is 18.0. The molecule has 0 saturated carbocycles. The predicted octanol–water partition coefficient (Wildman–Crippen LogP) is 1.99. The van der Waals surface area contributed by atoms with Gasteiger partial charge in [-0.2, -0.15) is 5.10 Å². The molecule has 0 aliphatic rings. The van der Waals surface area contributed by atoms with E-state index < -0.39 is 23.7 Å². The molecule has 1 atom stereocenters. The quantitative estimate of drug-likeness (QED) is 0.838. The topological polar surface area (TPSA) is 93.5 Å². The summed E-state index contributed by atoms with van der Waals surface area (Å²) < 4.78 is 6.86. The van der Waals surface area contributed by atoms with E-state index in [-0.39, 0.29) is 6.42 Å². The van der Waals surface area contributed by atoms with E-state index in [0.29, 0.717) is 6.54 Å². The smallest absolute Gasteiger partial charge is 0.408 e. The van der Waals surface area contributed by atoms with Crippen LogP contribution in [0.5, 0.6) is 0 Å². The molecule has 2 N–H and O–H groups in total. The highest BCUT2D eigenvalue weighted by atomic mass is 16.6. The van der Waals surface area contributed by atoms with Gasteiger partial charge in [-0.3, -0.25) is 4.68 Å². The summed E-state index contributed by atoms with van der Waals surface area (Å²) in [7, 11) is 0. The maximum absolute atomic E-state index is 11.8. The third-order valence-corrected chi connectivity index (χ3v) is 2.98. The highest BCUT2D eigenvalue weighted by molar-refractivity contribution is 5.80. The molecule has 0 fully saturated rings. The number of nitrogens with zero attached hydrogens (tertiary/aromatic N) is 2. The molecule has 0 aliphatic carbocycles. The van der Waals surface area contributed by atoms with Gasteiger partial charge in [-0.15, -0.1) is 0 Å². The van der Waals surface area contributed by atoms with Gasteiger partial charge in [0.2, 0.25) is 0 Å². The van der Waals surface area contributed by atoms with Gasteiger partial charge in [0.05, 0.1) is 5.69 Å². The number of carboxylic acid groups (broad SMARTS) is 1. The Balaban J connectivity index is 2.83. The number of carboxylic acids is 1. The van der Waals surface area contributed by atoms with E-state index in [1.807, 2.05) is 19.9 Å². The van der Waals surface area contributed by atoms with Crippen LogP contribution in [0.4, 0.5) is 4.79 Å². The number of carbonyl (C=O) groups excluding carboxylic acids is 1. The van der Waals surface area contributed by atoms with Crippen molar-refractivity contribution in [3.8, 4) is 0 Å². The van der Waals surface area contributed by atoms with Crippen LogP contribution in [0.15, 0.2) is 6.07 Å². The average molecular weight is 311 g/mol. The molecular formula is C15H25N3O4. The fraction of sp³-hybridized carbons (Fsp3) is 0.667.